The molecule has 0 aliphatic heterocycles. The highest BCUT2D eigenvalue weighted by molar-refractivity contribution is 5.66. The minimum absolute atomic E-state index is 0.323. The minimum atomic E-state index is -0.671. The first kappa shape index (κ1) is 19.9. The molecule has 0 saturated carbocycles. The molecule has 0 atom stereocenters. The van der Waals surface area contributed by atoms with Gasteiger partial charge in [0.25, 0.3) is 0 Å². The zero-order chi connectivity index (χ0) is 15.6. The van der Waals surface area contributed by atoms with Crippen LogP contribution in [-0.2, 0) is 4.79 Å². The van der Waals surface area contributed by atoms with E-state index in [-0.39, 0.29) is 0 Å². The maximum Gasteiger partial charge on any atom is 0.303 e. The van der Waals surface area contributed by atoms with E-state index in [0.29, 0.717) is 6.42 Å². The molecule has 0 fully saturated rings. The third-order valence-corrected chi connectivity index (χ3v) is 3.62. The normalized spacial score (nSPS) is 11.7. The molecule has 21 heavy (non-hydrogen) atoms. The van der Waals surface area contributed by atoms with Crippen LogP contribution < -0.4 is 0 Å². The molecule has 0 heterocycles. The van der Waals surface area contributed by atoms with Gasteiger partial charge in [0, 0.05) is 6.42 Å². The van der Waals surface area contributed by atoms with Crippen LogP contribution >= 0.6 is 0 Å². The maximum atomic E-state index is 10.3. The van der Waals surface area contributed by atoms with Crippen LogP contribution in [0.1, 0.15) is 90.4 Å². The number of carbonyl (C=O) groups is 1. The van der Waals surface area contributed by atoms with Crippen molar-refractivity contribution in [3.8, 4) is 0 Å². The van der Waals surface area contributed by atoms with Gasteiger partial charge in [-0.2, -0.15) is 0 Å². The van der Waals surface area contributed by atoms with E-state index in [1.165, 1.54) is 51.4 Å². The fraction of sp³-hybridized carbons (Fsp3) is 0.737. The molecule has 0 rings (SSSR count). The minimum Gasteiger partial charge on any atom is -0.481 e. The number of aliphatic carboxylic acids is 1. The lowest BCUT2D eigenvalue weighted by atomic mass is 10.1. The number of carboxylic acids is 1. The molecule has 2 heteroatoms. The highest BCUT2D eigenvalue weighted by Gasteiger charge is 1.95. The van der Waals surface area contributed by atoms with Gasteiger partial charge in [0.2, 0.25) is 0 Å². The summed E-state index contributed by atoms with van der Waals surface area (Å²) in [4.78, 5) is 10.3. The van der Waals surface area contributed by atoms with E-state index in [0.717, 1.165) is 25.7 Å². The van der Waals surface area contributed by atoms with Gasteiger partial charge in [-0.3, -0.25) is 4.79 Å². The topological polar surface area (TPSA) is 37.3 Å². The van der Waals surface area contributed by atoms with Crippen molar-refractivity contribution in [3.05, 3.63) is 24.3 Å². The van der Waals surface area contributed by atoms with Crippen LogP contribution in [0.4, 0.5) is 0 Å². The lowest BCUT2D eigenvalue weighted by Gasteiger charge is -1.98. The summed E-state index contributed by atoms with van der Waals surface area (Å²) in [6.07, 6.45) is 23.7. The molecule has 0 aliphatic carbocycles. The molecule has 0 bridgehead atoms. The molecule has 0 aromatic carbocycles. The molecule has 0 radical (unpaired) electrons. The van der Waals surface area contributed by atoms with Crippen molar-refractivity contribution < 1.29 is 9.90 Å². The van der Waals surface area contributed by atoms with Crippen molar-refractivity contribution >= 4 is 5.97 Å². The smallest absolute Gasteiger partial charge is 0.303 e. The number of hydrogen-bond donors (Lipinski definition) is 1. The molecule has 0 aromatic heterocycles. The van der Waals surface area contributed by atoms with Gasteiger partial charge in [0.1, 0.15) is 0 Å². The first-order valence-electron chi connectivity index (χ1n) is 8.80. The molecule has 122 valence electrons. The lowest BCUT2D eigenvalue weighted by Crippen LogP contribution is -1.93. The molecule has 0 unspecified atom stereocenters. The quantitative estimate of drug-likeness (QED) is 0.285. The summed E-state index contributed by atoms with van der Waals surface area (Å²) < 4.78 is 0. The Balaban J connectivity index is 3.19. The first-order chi connectivity index (χ1) is 10.3. The molecule has 2 nitrogen and oxygen atoms in total. The second kappa shape index (κ2) is 17.0. The number of hydrogen-bond acceptors (Lipinski definition) is 1. The van der Waals surface area contributed by atoms with Crippen LogP contribution in [0.25, 0.3) is 0 Å². The summed E-state index contributed by atoms with van der Waals surface area (Å²) in [6, 6.07) is 0. The molecule has 0 amide bonds. The number of allylic oxidation sites excluding steroid dienone is 4. The van der Waals surface area contributed by atoms with Gasteiger partial charge >= 0.3 is 5.97 Å². The third kappa shape index (κ3) is 18.9. The van der Waals surface area contributed by atoms with Gasteiger partial charge in [-0.05, 0) is 32.1 Å². The Bertz CT molecular complexity index is 279. The van der Waals surface area contributed by atoms with Crippen molar-refractivity contribution in [2.75, 3.05) is 0 Å². The zero-order valence-electron chi connectivity index (χ0n) is 13.9. The summed E-state index contributed by atoms with van der Waals surface area (Å²) >= 11 is 0. The van der Waals surface area contributed by atoms with Crippen molar-refractivity contribution in [1.82, 2.24) is 0 Å². The molecular formula is C19H34O2. The fourth-order valence-corrected chi connectivity index (χ4v) is 2.28. The number of carboxylic acid groups (broad SMARTS) is 1. The summed E-state index contributed by atoms with van der Waals surface area (Å²) in [5.41, 5.74) is 0. The molecule has 0 aliphatic rings. The lowest BCUT2D eigenvalue weighted by molar-refractivity contribution is -0.137. The Hall–Kier alpha value is -1.05. The summed E-state index contributed by atoms with van der Waals surface area (Å²) in [5, 5.41) is 8.51. The third-order valence-electron chi connectivity index (χ3n) is 3.62. The van der Waals surface area contributed by atoms with E-state index in [4.69, 9.17) is 5.11 Å². The Morgan fingerprint density at radius 1 is 0.762 bits per heavy atom. The van der Waals surface area contributed by atoms with Crippen LogP contribution in [0.2, 0.25) is 0 Å². The maximum absolute atomic E-state index is 10.3. The molecular weight excluding hydrogens is 260 g/mol. The molecule has 1 N–H and O–H groups in total. The second-order valence-corrected chi connectivity index (χ2v) is 5.76. The Labute approximate surface area is 131 Å². The van der Waals surface area contributed by atoms with E-state index in [1.807, 2.05) is 0 Å². The highest BCUT2D eigenvalue weighted by atomic mass is 16.4. The van der Waals surface area contributed by atoms with Gasteiger partial charge in [-0.25, -0.2) is 0 Å². The van der Waals surface area contributed by atoms with E-state index in [2.05, 4.69) is 31.2 Å². The van der Waals surface area contributed by atoms with E-state index in [9.17, 15) is 4.79 Å². The van der Waals surface area contributed by atoms with Crippen LogP contribution in [0.3, 0.4) is 0 Å². The standard InChI is InChI=1S/C19H34O2/c1-2-3-4-5-6-7-8-9-10-11-12-13-14-15-16-17-18-19(20)21/h8-11H,2-7,12-18H2,1H3,(H,20,21). The van der Waals surface area contributed by atoms with Crippen LogP contribution in [0.15, 0.2) is 24.3 Å². The summed E-state index contributed by atoms with van der Waals surface area (Å²) in [5.74, 6) is -0.671. The van der Waals surface area contributed by atoms with Gasteiger partial charge < -0.3 is 5.11 Å². The van der Waals surface area contributed by atoms with Gasteiger partial charge in [0.05, 0.1) is 0 Å². The molecule has 0 aromatic rings. The van der Waals surface area contributed by atoms with Gasteiger partial charge in [-0.1, -0.05) is 76.2 Å². The van der Waals surface area contributed by atoms with Crippen molar-refractivity contribution in [3.63, 3.8) is 0 Å². The van der Waals surface area contributed by atoms with Gasteiger partial charge in [-0.15, -0.1) is 0 Å². The largest absolute Gasteiger partial charge is 0.481 e. The zero-order valence-corrected chi connectivity index (χ0v) is 13.9. The SMILES string of the molecule is CCCCCCCC=CC=CCCCCCCCC(=O)O. The predicted molar refractivity (Wildman–Crippen MR) is 91.6 cm³/mol. The van der Waals surface area contributed by atoms with Gasteiger partial charge in [0.15, 0.2) is 0 Å². The van der Waals surface area contributed by atoms with E-state index in [1.54, 1.807) is 0 Å². The van der Waals surface area contributed by atoms with E-state index < -0.39 is 5.97 Å². The predicted octanol–water partition coefficient (Wildman–Crippen LogP) is 6.27. The Morgan fingerprint density at radius 3 is 1.76 bits per heavy atom. The van der Waals surface area contributed by atoms with Crippen molar-refractivity contribution in [2.45, 2.75) is 90.4 Å². The summed E-state index contributed by atoms with van der Waals surface area (Å²) in [6.45, 7) is 2.25. The van der Waals surface area contributed by atoms with Crippen LogP contribution in [0, 0.1) is 0 Å². The van der Waals surface area contributed by atoms with E-state index >= 15 is 0 Å². The first-order valence-corrected chi connectivity index (χ1v) is 8.80. The average Bonchev–Trinajstić information content (AvgIpc) is 2.46. The fourth-order valence-electron chi connectivity index (χ4n) is 2.28. The number of unbranched alkanes of at least 4 members (excludes halogenated alkanes) is 10. The molecule has 0 spiro atoms. The van der Waals surface area contributed by atoms with Crippen LogP contribution in [-0.4, -0.2) is 11.1 Å². The highest BCUT2D eigenvalue weighted by Crippen LogP contribution is 2.08. The molecule has 0 saturated heterocycles. The van der Waals surface area contributed by atoms with Crippen LogP contribution in [0.5, 0.6) is 0 Å². The monoisotopic (exact) mass is 294 g/mol. The summed E-state index contributed by atoms with van der Waals surface area (Å²) in [7, 11) is 0. The van der Waals surface area contributed by atoms with Crippen molar-refractivity contribution in [2.24, 2.45) is 0 Å². The van der Waals surface area contributed by atoms with Crippen molar-refractivity contribution in [1.29, 1.82) is 0 Å². The second-order valence-electron chi connectivity index (χ2n) is 5.76. The average molecular weight is 294 g/mol. The number of rotatable bonds is 15. The Kier molecular flexibility index (Phi) is 16.2. The Morgan fingerprint density at radius 2 is 1.24 bits per heavy atom.